The van der Waals surface area contributed by atoms with Crippen LogP contribution in [0.1, 0.15) is 24.6 Å². The van der Waals surface area contributed by atoms with Crippen LogP contribution in [0.25, 0.3) is 0 Å². The third-order valence-corrected chi connectivity index (χ3v) is 3.17. The van der Waals surface area contributed by atoms with Gasteiger partial charge in [-0.1, -0.05) is 6.92 Å². The van der Waals surface area contributed by atoms with Crippen molar-refractivity contribution in [3.8, 4) is 6.07 Å². The van der Waals surface area contributed by atoms with Gasteiger partial charge >= 0.3 is 5.97 Å². The zero-order valence-corrected chi connectivity index (χ0v) is 9.70. The molecule has 1 rings (SSSR count). The van der Waals surface area contributed by atoms with E-state index in [-0.39, 0.29) is 11.7 Å². The van der Waals surface area contributed by atoms with Crippen LogP contribution in [0.15, 0.2) is 18.3 Å². The molecule has 0 aliphatic carbocycles. The molecular formula is C11H12N2O2S. The SMILES string of the molecule is CC(CC(=O)O)SCc1ccnc(C#N)c1. The average Bonchev–Trinajstić information content (AvgIpc) is 2.26. The smallest absolute Gasteiger partial charge is 0.304 e. The van der Waals surface area contributed by atoms with Gasteiger partial charge in [-0.2, -0.15) is 17.0 Å². The first-order valence-corrected chi connectivity index (χ1v) is 5.85. The van der Waals surface area contributed by atoms with E-state index in [9.17, 15) is 4.79 Å². The van der Waals surface area contributed by atoms with Crippen LogP contribution in [-0.2, 0) is 10.5 Å². The van der Waals surface area contributed by atoms with E-state index < -0.39 is 5.97 Å². The molecule has 0 aromatic carbocycles. The molecule has 0 aliphatic heterocycles. The molecule has 0 fully saturated rings. The third-order valence-electron chi connectivity index (χ3n) is 1.94. The second kappa shape index (κ2) is 6.13. The fourth-order valence-electron chi connectivity index (χ4n) is 1.17. The van der Waals surface area contributed by atoms with Crippen LogP contribution < -0.4 is 0 Å². The Morgan fingerprint density at radius 2 is 2.50 bits per heavy atom. The maximum absolute atomic E-state index is 10.5. The normalized spacial score (nSPS) is 11.8. The minimum atomic E-state index is -0.785. The Bertz CT molecular complexity index is 415. The van der Waals surface area contributed by atoms with Crippen LogP contribution in [0.4, 0.5) is 0 Å². The molecule has 4 nitrogen and oxygen atoms in total. The maximum Gasteiger partial charge on any atom is 0.304 e. The van der Waals surface area contributed by atoms with Crippen molar-refractivity contribution in [1.82, 2.24) is 4.98 Å². The lowest BCUT2D eigenvalue weighted by molar-refractivity contribution is -0.136. The molecule has 1 N–H and O–H groups in total. The summed E-state index contributed by atoms with van der Waals surface area (Å²) in [5, 5.41) is 17.3. The monoisotopic (exact) mass is 236 g/mol. The molecule has 0 bridgehead atoms. The minimum absolute atomic E-state index is 0.0659. The van der Waals surface area contributed by atoms with Gasteiger partial charge in [-0.05, 0) is 17.7 Å². The Morgan fingerprint density at radius 1 is 1.75 bits per heavy atom. The predicted molar refractivity (Wildman–Crippen MR) is 62.0 cm³/mol. The van der Waals surface area contributed by atoms with Crippen LogP contribution in [0.5, 0.6) is 0 Å². The Hall–Kier alpha value is -1.54. The van der Waals surface area contributed by atoms with Gasteiger partial charge in [-0.15, -0.1) is 0 Å². The first-order valence-electron chi connectivity index (χ1n) is 4.80. The lowest BCUT2D eigenvalue weighted by atomic mass is 10.2. The van der Waals surface area contributed by atoms with Gasteiger partial charge in [0.05, 0.1) is 6.42 Å². The number of hydrogen-bond acceptors (Lipinski definition) is 4. The van der Waals surface area contributed by atoms with E-state index in [1.165, 1.54) is 0 Å². The largest absolute Gasteiger partial charge is 0.481 e. The summed E-state index contributed by atoms with van der Waals surface area (Å²) in [4.78, 5) is 14.3. The van der Waals surface area contributed by atoms with Gasteiger partial charge in [0, 0.05) is 17.2 Å². The van der Waals surface area contributed by atoms with E-state index in [4.69, 9.17) is 10.4 Å². The molecule has 1 aromatic rings. The van der Waals surface area contributed by atoms with E-state index in [2.05, 4.69) is 4.98 Å². The van der Waals surface area contributed by atoms with Crippen LogP contribution in [-0.4, -0.2) is 21.3 Å². The number of pyridine rings is 1. The molecule has 0 saturated carbocycles. The first kappa shape index (κ1) is 12.5. The van der Waals surface area contributed by atoms with E-state index in [0.717, 1.165) is 5.56 Å². The number of nitriles is 1. The zero-order valence-electron chi connectivity index (χ0n) is 8.88. The van der Waals surface area contributed by atoms with Gasteiger partial charge in [0.15, 0.2) is 0 Å². The number of carbonyl (C=O) groups is 1. The Morgan fingerprint density at radius 3 is 3.12 bits per heavy atom. The highest BCUT2D eigenvalue weighted by molar-refractivity contribution is 7.99. The van der Waals surface area contributed by atoms with Crippen LogP contribution in [0, 0.1) is 11.3 Å². The summed E-state index contributed by atoms with van der Waals surface area (Å²) in [6.45, 7) is 1.88. The van der Waals surface area contributed by atoms with E-state index >= 15 is 0 Å². The van der Waals surface area contributed by atoms with E-state index in [1.807, 2.05) is 19.1 Å². The van der Waals surface area contributed by atoms with Crippen molar-refractivity contribution in [3.05, 3.63) is 29.6 Å². The molecule has 84 valence electrons. The fourth-order valence-corrected chi connectivity index (χ4v) is 2.09. The molecular weight excluding hydrogens is 224 g/mol. The zero-order chi connectivity index (χ0) is 12.0. The molecule has 0 aliphatic rings. The number of aliphatic carboxylic acids is 1. The average molecular weight is 236 g/mol. The molecule has 0 spiro atoms. The second-order valence-electron chi connectivity index (χ2n) is 3.38. The molecule has 0 amide bonds. The Kier molecular flexibility index (Phi) is 4.80. The van der Waals surface area contributed by atoms with Gasteiger partial charge in [-0.25, -0.2) is 4.98 Å². The molecule has 16 heavy (non-hydrogen) atoms. The lowest BCUT2D eigenvalue weighted by Crippen LogP contribution is -2.05. The van der Waals surface area contributed by atoms with Gasteiger partial charge < -0.3 is 5.11 Å². The third kappa shape index (κ3) is 4.32. The summed E-state index contributed by atoms with van der Waals surface area (Å²) in [6, 6.07) is 5.53. The summed E-state index contributed by atoms with van der Waals surface area (Å²) < 4.78 is 0. The number of rotatable bonds is 5. The highest BCUT2D eigenvalue weighted by Crippen LogP contribution is 2.19. The first-order chi connectivity index (χ1) is 7.61. The van der Waals surface area contributed by atoms with Gasteiger partial charge in [0.2, 0.25) is 0 Å². The number of carboxylic acids is 1. The van der Waals surface area contributed by atoms with E-state index in [1.54, 1.807) is 24.0 Å². The molecule has 0 saturated heterocycles. The summed E-state index contributed by atoms with van der Waals surface area (Å²) in [7, 11) is 0. The van der Waals surface area contributed by atoms with Crippen molar-refractivity contribution in [2.75, 3.05) is 0 Å². The molecule has 0 radical (unpaired) electrons. The van der Waals surface area contributed by atoms with Gasteiger partial charge in [0.25, 0.3) is 0 Å². The van der Waals surface area contributed by atoms with Crippen molar-refractivity contribution < 1.29 is 9.90 Å². The molecule has 1 unspecified atom stereocenters. The van der Waals surface area contributed by atoms with Crippen molar-refractivity contribution in [2.24, 2.45) is 0 Å². The van der Waals surface area contributed by atoms with Crippen molar-refractivity contribution in [1.29, 1.82) is 5.26 Å². The second-order valence-corrected chi connectivity index (χ2v) is 4.81. The Labute approximate surface area is 98.3 Å². The summed E-state index contributed by atoms with van der Waals surface area (Å²) in [6.07, 6.45) is 1.75. The topological polar surface area (TPSA) is 74.0 Å². The van der Waals surface area contributed by atoms with Gasteiger partial charge in [0.1, 0.15) is 11.8 Å². The number of carboxylic acid groups (broad SMARTS) is 1. The number of thioether (sulfide) groups is 1. The standard InChI is InChI=1S/C11H12N2O2S/c1-8(4-11(14)15)16-7-9-2-3-13-10(5-9)6-12/h2-3,5,8H,4,7H2,1H3,(H,14,15). The molecule has 1 atom stereocenters. The van der Waals surface area contributed by atoms with Crippen molar-refractivity contribution in [3.63, 3.8) is 0 Å². The van der Waals surface area contributed by atoms with Crippen LogP contribution in [0.3, 0.4) is 0 Å². The Balaban J connectivity index is 2.48. The number of aromatic nitrogens is 1. The molecule has 1 heterocycles. The number of hydrogen-bond donors (Lipinski definition) is 1. The van der Waals surface area contributed by atoms with Crippen LogP contribution in [0.2, 0.25) is 0 Å². The minimum Gasteiger partial charge on any atom is -0.481 e. The molecule has 5 heteroatoms. The van der Waals surface area contributed by atoms with Crippen molar-refractivity contribution >= 4 is 17.7 Å². The van der Waals surface area contributed by atoms with Crippen molar-refractivity contribution in [2.45, 2.75) is 24.3 Å². The lowest BCUT2D eigenvalue weighted by Gasteiger charge is -2.08. The molecule has 1 aromatic heterocycles. The summed E-state index contributed by atoms with van der Waals surface area (Å²) in [5.41, 5.74) is 1.39. The maximum atomic E-state index is 10.5. The summed E-state index contributed by atoms with van der Waals surface area (Å²) >= 11 is 1.56. The number of nitrogens with zero attached hydrogens (tertiary/aromatic N) is 2. The predicted octanol–water partition coefficient (Wildman–Crippen LogP) is 2.05. The van der Waals surface area contributed by atoms with Crippen LogP contribution >= 0.6 is 11.8 Å². The fraction of sp³-hybridized carbons (Fsp3) is 0.364. The highest BCUT2D eigenvalue weighted by atomic mass is 32.2. The quantitative estimate of drug-likeness (QED) is 0.846. The van der Waals surface area contributed by atoms with Gasteiger partial charge in [-0.3, -0.25) is 4.79 Å². The highest BCUT2D eigenvalue weighted by Gasteiger charge is 2.08. The summed E-state index contributed by atoms with van der Waals surface area (Å²) in [5.74, 6) is -0.0847. The van der Waals surface area contributed by atoms with E-state index in [0.29, 0.717) is 11.4 Å².